The number of nitrogens with one attached hydrogen (secondary N) is 2. The number of carbonyl (C=O) groups is 2. The quantitative estimate of drug-likeness (QED) is 0.460. The van der Waals surface area contributed by atoms with Crippen molar-refractivity contribution in [1.29, 1.82) is 0 Å². The van der Waals surface area contributed by atoms with E-state index in [1.54, 1.807) is 11.0 Å². The van der Waals surface area contributed by atoms with Crippen LogP contribution < -0.4 is 10.6 Å². The average molecular weight is 211 g/mol. The molecule has 0 bridgehead atoms. The summed E-state index contributed by atoms with van der Waals surface area (Å²) >= 11 is 0. The summed E-state index contributed by atoms with van der Waals surface area (Å²) in [5, 5.41) is 5.81. The number of hydrogen-bond donors (Lipinski definition) is 2. The van der Waals surface area contributed by atoms with Crippen molar-refractivity contribution in [3.05, 3.63) is 12.7 Å². The van der Waals surface area contributed by atoms with Crippen LogP contribution in [0.2, 0.25) is 0 Å². The van der Waals surface area contributed by atoms with Crippen molar-refractivity contribution in [2.75, 3.05) is 32.7 Å². The van der Waals surface area contributed by atoms with Crippen LogP contribution in [-0.4, -0.2) is 49.4 Å². The molecule has 0 aliphatic carbocycles. The standard InChI is InChI=1S/C10H17N3O2/c1-2-6-13-7-5-11-3-4-12-9(14)8-10(13)15/h2,11H,1,3-8H2,(H,12,14). The minimum absolute atomic E-state index is 0.0617. The molecule has 2 amide bonds. The third-order valence-corrected chi connectivity index (χ3v) is 2.20. The second-order valence-corrected chi connectivity index (χ2v) is 3.41. The first kappa shape index (κ1) is 11.7. The van der Waals surface area contributed by atoms with E-state index in [9.17, 15) is 9.59 Å². The zero-order valence-electron chi connectivity index (χ0n) is 8.79. The van der Waals surface area contributed by atoms with Crippen LogP contribution in [0.5, 0.6) is 0 Å². The Labute approximate surface area is 89.5 Å². The van der Waals surface area contributed by atoms with E-state index in [4.69, 9.17) is 0 Å². The smallest absolute Gasteiger partial charge is 0.232 e. The van der Waals surface area contributed by atoms with Gasteiger partial charge >= 0.3 is 0 Å². The fourth-order valence-electron chi connectivity index (χ4n) is 1.41. The molecule has 0 radical (unpaired) electrons. The van der Waals surface area contributed by atoms with Gasteiger partial charge in [0.05, 0.1) is 0 Å². The second kappa shape index (κ2) is 6.19. The molecule has 1 rings (SSSR count). The summed E-state index contributed by atoms with van der Waals surface area (Å²) in [6.45, 7) is 6.77. The molecule has 84 valence electrons. The molecule has 0 spiro atoms. The lowest BCUT2D eigenvalue weighted by molar-refractivity contribution is -0.135. The summed E-state index contributed by atoms with van der Waals surface area (Å²) in [4.78, 5) is 24.5. The maximum absolute atomic E-state index is 11.6. The van der Waals surface area contributed by atoms with Crippen molar-refractivity contribution in [2.24, 2.45) is 0 Å². The fraction of sp³-hybridized carbons (Fsp3) is 0.600. The molecule has 1 fully saturated rings. The van der Waals surface area contributed by atoms with Crippen LogP contribution in [-0.2, 0) is 9.59 Å². The maximum Gasteiger partial charge on any atom is 0.232 e. The lowest BCUT2D eigenvalue weighted by Crippen LogP contribution is -2.43. The van der Waals surface area contributed by atoms with Gasteiger partial charge in [0.25, 0.3) is 0 Å². The Hall–Kier alpha value is -1.36. The van der Waals surface area contributed by atoms with Gasteiger partial charge in [-0.05, 0) is 0 Å². The summed E-state index contributed by atoms with van der Waals surface area (Å²) in [6.07, 6.45) is 1.61. The molecule has 5 nitrogen and oxygen atoms in total. The van der Waals surface area contributed by atoms with Crippen LogP contribution in [0, 0.1) is 0 Å². The summed E-state index contributed by atoms with van der Waals surface area (Å²) in [6, 6.07) is 0. The van der Waals surface area contributed by atoms with E-state index >= 15 is 0 Å². The van der Waals surface area contributed by atoms with E-state index in [-0.39, 0.29) is 18.2 Å². The molecular formula is C10H17N3O2. The molecular weight excluding hydrogens is 194 g/mol. The highest BCUT2D eigenvalue weighted by Gasteiger charge is 2.16. The van der Waals surface area contributed by atoms with E-state index in [2.05, 4.69) is 17.2 Å². The van der Waals surface area contributed by atoms with E-state index in [0.717, 1.165) is 13.1 Å². The molecule has 0 aromatic heterocycles. The van der Waals surface area contributed by atoms with E-state index in [0.29, 0.717) is 19.6 Å². The lowest BCUT2D eigenvalue weighted by Gasteiger charge is -2.22. The molecule has 0 aromatic carbocycles. The van der Waals surface area contributed by atoms with Crippen LogP contribution in [0.3, 0.4) is 0 Å². The second-order valence-electron chi connectivity index (χ2n) is 3.41. The largest absolute Gasteiger partial charge is 0.354 e. The predicted octanol–water partition coefficient (Wildman–Crippen LogP) is -0.889. The number of hydrogen-bond acceptors (Lipinski definition) is 3. The van der Waals surface area contributed by atoms with Crippen molar-refractivity contribution in [3.63, 3.8) is 0 Å². The molecule has 15 heavy (non-hydrogen) atoms. The SMILES string of the molecule is C=CCN1CCNCCNC(=O)CC1=O. The van der Waals surface area contributed by atoms with Gasteiger partial charge in [-0.3, -0.25) is 9.59 Å². The molecule has 0 unspecified atom stereocenters. The van der Waals surface area contributed by atoms with Crippen molar-refractivity contribution >= 4 is 11.8 Å². The fourth-order valence-corrected chi connectivity index (χ4v) is 1.41. The van der Waals surface area contributed by atoms with Crippen molar-refractivity contribution in [1.82, 2.24) is 15.5 Å². The summed E-state index contributed by atoms with van der Waals surface area (Å²) in [5.41, 5.74) is 0. The van der Waals surface area contributed by atoms with E-state index in [1.807, 2.05) is 0 Å². The van der Waals surface area contributed by atoms with Crippen molar-refractivity contribution < 1.29 is 9.59 Å². The molecule has 0 atom stereocenters. The highest BCUT2D eigenvalue weighted by molar-refractivity contribution is 5.96. The minimum Gasteiger partial charge on any atom is -0.354 e. The van der Waals surface area contributed by atoms with Gasteiger partial charge in [0.1, 0.15) is 6.42 Å². The monoisotopic (exact) mass is 211 g/mol. The van der Waals surface area contributed by atoms with Crippen LogP contribution >= 0.6 is 0 Å². The van der Waals surface area contributed by atoms with Gasteiger partial charge in [0, 0.05) is 32.7 Å². The van der Waals surface area contributed by atoms with Gasteiger partial charge in [-0.2, -0.15) is 0 Å². The van der Waals surface area contributed by atoms with Crippen LogP contribution in [0.15, 0.2) is 12.7 Å². The zero-order chi connectivity index (χ0) is 11.1. The van der Waals surface area contributed by atoms with Gasteiger partial charge in [0.15, 0.2) is 0 Å². The van der Waals surface area contributed by atoms with E-state index < -0.39 is 0 Å². The number of carbonyl (C=O) groups excluding carboxylic acids is 2. The van der Waals surface area contributed by atoms with Gasteiger partial charge in [-0.15, -0.1) is 6.58 Å². The molecule has 2 N–H and O–H groups in total. The zero-order valence-corrected chi connectivity index (χ0v) is 8.79. The molecule has 0 saturated carbocycles. The Morgan fingerprint density at radius 1 is 1.33 bits per heavy atom. The molecule has 1 saturated heterocycles. The Bertz CT molecular complexity index is 253. The lowest BCUT2D eigenvalue weighted by atomic mass is 10.3. The molecule has 1 aliphatic rings. The van der Waals surface area contributed by atoms with Crippen LogP contribution in [0.1, 0.15) is 6.42 Å². The highest BCUT2D eigenvalue weighted by Crippen LogP contribution is 1.95. The highest BCUT2D eigenvalue weighted by atomic mass is 16.2. The van der Waals surface area contributed by atoms with Gasteiger partial charge in [-0.1, -0.05) is 6.08 Å². The Morgan fingerprint density at radius 3 is 2.87 bits per heavy atom. The summed E-state index contributed by atoms with van der Waals surface area (Å²) in [7, 11) is 0. The predicted molar refractivity (Wildman–Crippen MR) is 57.3 cm³/mol. The first-order valence-corrected chi connectivity index (χ1v) is 5.10. The Balaban J connectivity index is 2.55. The third-order valence-electron chi connectivity index (χ3n) is 2.20. The van der Waals surface area contributed by atoms with Crippen molar-refractivity contribution in [2.45, 2.75) is 6.42 Å². The summed E-state index contributed by atoms with van der Waals surface area (Å²) in [5.74, 6) is -0.353. The Morgan fingerprint density at radius 2 is 2.13 bits per heavy atom. The van der Waals surface area contributed by atoms with Crippen LogP contribution in [0.25, 0.3) is 0 Å². The molecule has 5 heteroatoms. The van der Waals surface area contributed by atoms with Crippen molar-refractivity contribution in [3.8, 4) is 0 Å². The average Bonchev–Trinajstić information content (AvgIpc) is 2.20. The molecule has 1 heterocycles. The van der Waals surface area contributed by atoms with E-state index in [1.165, 1.54) is 0 Å². The molecule has 1 aliphatic heterocycles. The first-order valence-electron chi connectivity index (χ1n) is 5.10. The normalized spacial score (nSPS) is 19.6. The topological polar surface area (TPSA) is 61.4 Å². The summed E-state index contributed by atoms with van der Waals surface area (Å²) < 4.78 is 0. The van der Waals surface area contributed by atoms with Gasteiger partial charge < -0.3 is 15.5 Å². The maximum atomic E-state index is 11.6. The van der Waals surface area contributed by atoms with Crippen LogP contribution in [0.4, 0.5) is 0 Å². The van der Waals surface area contributed by atoms with Gasteiger partial charge in [-0.25, -0.2) is 0 Å². The first-order chi connectivity index (χ1) is 7.24. The minimum atomic E-state index is -0.210. The van der Waals surface area contributed by atoms with Gasteiger partial charge in [0.2, 0.25) is 11.8 Å². The third kappa shape index (κ3) is 4.12. The number of rotatable bonds is 2. The molecule has 0 aromatic rings. The Kier molecular flexibility index (Phi) is 4.83. The number of amides is 2. The number of nitrogens with zero attached hydrogens (tertiary/aromatic N) is 1.